The summed E-state index contributed by atoms with van der Waals surface area (Å²) in [5, 5.41) is 8.42. The molecule has 4 rings (SSSR count). The number of carbonyl (C=O) groups is 1. The molecule has 2 aromatic heterocycles. The molecule has 1 aliphatic rings. The number of carbonyl (C=O) groups excluding carboxylic acids is 1. The number of benzene rings is 1. The van der Waals surface area contributed by atoms with E-state index in [1.54, 1.807) is 0 Å². The van der Waals surface area contributed by atoms with E-state index in [-0.39, 0.29) is 11.5 Å². The Labute approximate surface area is 167 Å². The quantitative estimate of drug-likeness (QED) is 0.458. The fourth-order valence-electron chi connectivity index (χ4n) is 3.33. The van der Waals surface area contributed by atoms with Gasteiger partial charge in [0.15, 0.2) is 17.3 Å². The van der Waals surface area contributed by atoms with Gasteiger partial charge in [0.1, 0.15) is 6.61 Å². The maximum absolute atomic E-state index is 12.6. The van der Waals surface area contributed by atoms with Gasteiger partial charge in [0.25, 0.3) is 11.1 Å². The highest BCUT2D eigenvalue weighted by atomic mass is 32.2. The molecule has 0 radical (unpaired) electrons. The predicted octanol–water partition coefficient (Wildman–Crippen LogP) is 4.00. The van der Waals surface area contributed by atoms with Crippen molar-refractivity contribution in [3.63, 3.8) is 0 Å². The van der Waals surface area contributed by atoms with E-state index in [1.165, 1.54) is 11.8 Å². The lowest BCUT2D eigenvalue weighted by Crippen LogP contribution is -2.21. The summed E-state index contributed by atoms with van der Waals surface area (Å²) in [4.78, 5) is 12.6. The van der Waals surface area contributed by atoms with Crippen molar-refractivity contribution in [2.75, 3.05) is 12.4 Å². The molecule has 0 N–H and O–H groups in total. The van der Waals surface area contributed by atoms with Crippen molar-refractivity contribution < 1.29 is 18.7 Å². The van der Waals surface area contributed by atoms with E-state index >= 15 is 0 Å². The van der Waals surface area contributed by atoms with Crippen molar-refractivity contribution in [3.05, 3.63) is 53.2 Å². The Morgan fingerprint density at radius 3 is 2.79 bits per heavy atom. The van der Waals surface area contributed by atoms with Gasteiger partial charge in [-0.2, -0.15) is 0 Å². The molecule has 0 saturated carbocycles. The molecule has 3 heterocycles. The van der Waals surface area contributed by atoms with Crippen LogP contribution < -0.4 is 9.47 Å². The fourth-order valence-corrected chi connectivity index (χ4v) is 3.98. The maximum Gasteiger partial charge on any atom is 0.277 e. The Bertz CT molecular complexity index is 1010. The fraction of sp³-hybridized carbons (Fsp3) is 0.350. The van der Waals surface area contributed by atoms with E-state index in [4.69, 9.17) is 13.9 Å². The Morgan fingerprint density at radius 2 is 2.04 bits per heavy atom. The first-order valence-electron chi connectivity index (χ1n) is 9.11. The van der Waals surface area contributed by atoms with Crippen molar-refractivity contribution in [2.24, 2.45) is 0 Å². The third-order valence-electron chi connectivity index (χ3n) is 4.72. The molecule has 0 amide bonds. The Balaban J connectivity index is 1.40. The Morgan fingerprint density at radius 1 is 1.25 bits per heavy atom. The smallest absolute Gasteiger partial charge is 0.277 e. The lowest BCUT2D eigenvalue weighted by Gasteiger charge is -2.23. The summed E-state index contributed by atoms with van der Waals surface area (Å²) in [7, 11) is 0. The van der Waals surface area contributed by atoms with Gasteiger partial charge in [0.2, 0.25) is 6.10 Å². The van der Waals surface area contributed by atoms with Crippen LogP contribution in [0.3, 0.4) is 0 Å². The molecule has 8 heteroatoms. The topological polar surface area (TPSA) is 79.4 Å². The number of para-hydroxylation sites is 2. The summed E-state index contributed by atoms with van der Waals surface area (Å²) in [6, 6.07) is 9.38. The highest BCUT2D eigenvalue weighted by molar-refractivity contribution is 7.99. The number of thioether (sulfide) groups is 1. The van der Waals surface area contributed by atoms with Gasteiger partial charge in [-0.25, -0.2) is 0 Å². The van der Waals surface area contributed by atoms with Crippen molar-refractivity contribution >= 4 is 17.5 Å². The first kappa shape index (κ1) is 18.6. The molecule has 7 nitrogen and oxygen atoms in total. The molecule has 0 aliphatic carbocycles. The number of hydrogen-bond donors (Lipinski definition) is 0. The Kier molecular flexibility index (Phi) is 5.13. The summed E-state index contributed by atoms with van der Waals surface area (Å²) in [6.45, 7) is 7.19. The van der Waals surface area contributed by atoms with E-state index in [0.29, 0.717) is 29.2 Å². The van der Waals surface area contributed by atoms with Crippen molar-refractivity contribution in [3.8, 4) is 11.5 Å². The monoisotopic (exact) mass is 399 g/mol. The van der Waals surface area contributed by atoms with Gasteiger partial charge in [-0.1, -0.05) is 23.9 Å². The maximum atomic E-state index is 12.6. The number of fused-ring (bicyclic) bond motifs is 1. The number of aryl methyl sites for hydroxylation is 1. The second-order valence-corrected chi connectivity index (χ2v) is 7.44. The SMILES string of the molecule is CCn1c(C)cc(C(=O)CSc2nnc([C@@H]3COc4ccccc4O3)o2)c1C. The van der Waals surface area contributed by atoms with Crippen LogP contribution in [0.15, 0.2) is 40.0 Å². The zero-order valence-electron chi connectivity index (χ0n) is 16.0. The molecule has 1 aliphatic heterocycles. The van der Waals surface area contributed by atoms with Crippen LogP contribution in [0.1, 0.15) is 40.7 Å². The van der Waals surface area contributed by atoms with Gasteiger partial charge in [0.05, 0.1) is 5.75 Å². The first-order chi connectivity index (χ1) is 13.6. The minimum atomic E-state index is -0.462. The number of hydrogen-bond acceptors (Lipinski definition) is 7. The minimum Gasteiger partial charge on any atom is -0.485 e. The summed E-state index contributed by atoms with van der Waals surface area (Å²) in [5.41, 5.74) is 2.82. The molecular weight excluding hydrogens is 378 g/mol. The van der Waals surface area contributed by atoms with Crippen LogP contribution in [0, 0.1) is 13.8 Å². The zero-order valence-corrected chi connectivity index (χ0v) is 16.8. The largest absolute Gasteiger partial charge is 0.485 e. The predicted molar refractivity (Wildman–Crippen MR) is 104 cm³/mol. The van der Waals surface area contributed by atoms with Crippen LogP contribution in [-0.2, 0) is 6.54 Å². The molecular formula is C20H21N3O4S. The first-order valence-corrected chi connectivity index (χ1v) is 10.1. The normalized spacial score (nSPS) is 15.6. The highest BCUT2D eigenvalue weighted by Gasteiger charge is 2.27. The summed E-state index contributed by atoms with van der Waals surface area (Å²) in [6.07, 6.45) is -0.462. The second-order valence-electron chi connectivity index (χ2n) is 6.51. The van der Waals surface area contributed by atoms with E-state index in [2.05, 4.69) is 21.7 Å². The average Bonchev–Trinajstić information content (AvgIpc) is 3.30. The summed E-state index contributed by atoms with van der Waals surface area (Å²) in [5.74, 6) is 1.97. The van der Waals surface area contributed by atoms with E-state index in [9.17, 15) is 4.79 Å². The van der Waals surface area contributed by atoms with Crippen LogP contribution in [0.2, 0.25) is 0 Å². The summed E-state index contributed by atoms with van der Waals surface area (Å²) >= 11 is 1.23. The van der Waals surface area contributed by atoms with Gasteiger partial charge >= 0.3 is 0 Å². The van der Waals surface area contributed by atoms with Crippen molar-refractivity contribution in [1.82, 2.24) is 14.8 Å². The molecule has 0 spiro atoms. The van der Waals surface area contributed by atoms with Crippen LogP contribution in [0.25, 0.3) is 0 Å². The van der Waals surface area contributed by atoms with Crippen LogP contribution in [-0.4, -0.2) is 32.9 Å². The highest BCUT2D eigenvalue weighted by Crippen LogP contribution is 2.36. The second kappa shape index (κ2) is 7.71. The molecule has 1 atom stereocenters. The van der Waals surface area contributed by atoms with Crippen LogP contribution in [0.4, 0.5) is 0 Å². The molecule has 0 fully saturated rings. The van der Waals surface area contributed by atoms with Gasteiger partial charge < -0.3 is 18.5 Å². The van der Waals surface area contributed by atoms with Gasteiger partial charge in [-0.05, 0) is 39.0 Å². The summed E-state index contributed by atoms with van der Waals surface area (Å²) < 4.78 is 19.4. The number of ether oxygens (including phenoxy) is 2. The molecule has 0 bridgehead atoms. The third kappa shape index (κ3) is 3.52. The van der Waals surface area contributed by atoms with Crippen molar-refractivity contribution in [2.45, 2.75) is 38.6 Å². The molecule has 0 unspecified atom stereocenters. The number of rotatable bonds is 6. The minimum absolute atomic E-state index is 0.0451. The van der Waals surface area contributed by atoms with Gasteiger partial charge in [0, 0.05) is 23.5 Å². The van der Waals surface area contributed by atoms with Gasteiger partial charge in [-0.15, -0.1) is 10.2 Å². The Hall–Kier alpha value is -2.74. The molecule has 3 aromatic rings. The van der Waals surface area contributed by atoms with E-state index in [0.717, 1.165) is 23.5 Å². The molecule has 146 valence electrons. The molecule has 28 heavy (non-hydrogen) atoms. The molecule has 1 aromatic carbocycles. The average molecular weight is 399 g/mol. The van der Waals surface area contributed by atoms with Crippen LogP contribution >= 0.6 is 11.8 Å². The van der Waals surface area contributed by atoms with E-state index < -0.39 is 6.10 Å². The lowest BCUT2D eigenvalue weighted by molar-refractivity contribution is 0.0686. The zero-order chi connectivity index (χ0) is 19.7. The lowest BCUT2D eigenvalue weighted by atomic mass is 10.2. The van der Waals surface area contributed by atoms with Crippen LogP contribution in [0.5, 0.6) is 11.5 Å². The third-order valence-corrected chi connectivity index (χ3v) is 5.54. The number of Topliss-reactive ketones (excluding diaryl/α,β-unsaturated/α-hetero) is 1. The number of nitrogens with zero attached hydrogens (tertiary/aromatic N) is 3. The van der Waals surface area contributed by atoms with Gasteiger partial charge in [-0.3, -0.25) is 4.79 Å². The standard InChI is InChI=1S/C20H21N3O4S/c1-4-23-12(2)9-14(13(23)3)15(24)11-28-20-22-21-19(27-20)18-10-25-16-7-5-6-8-17(16)26-18/h5-9,18H,4,10-11H2,1-3H3/t18-/m0/s1. The van der Waals surface area contributed by atoms with E-state index in [1.807, 2.05) is 44.2 Å². The number of aromatic nitrogens is 3. The molecule has 0 saturated heterocycles. The number of ketones is 1. The van der Waals surface area contributed by atoms with Crippen molar-refractivity contribution in [1.29, 1.82) is 0 Å².